The van der Waals surface area contributed by atoms with Crippen molar-refractivity contribution in [1.29, 1.82) is 0 Å². The number of halogens is 1. The molecule has 31 heavy (non-hydrogen) atoms. The number of carbonyl (C=O) groups is 3. The molecule has 0 radical (unpaired) electrons. The van der Waals surface area contributed by atoms with Gasteiger partial charge < -0.3 is 14.8 Å². The number of amides is 3. The Bertz CT molecular complexity index is 1030. The molecule has 3 amide bonds. The van der Waals surface area contributed by atoms with Crippen LogP contribution in [0.15, 0.2) is 51.8 Å². The molecule has 7 nitrogen and oxygen atoms in total. The molecule has 0 aliphatic carbocycles. The summed E-state index contributed by atoms with van der Waals surface area (Å²) in [7, 11) is 0. The lowest BCUT2D eigenvalue weighted by Crippen LogP contribution is -2.27. The number of thioether (sulfide) groups is 1. The zero-order valence-electron chi connectivity index (χ0n) is 17.0. The Hall–Kier alpha value is -2.78. The summed E-state index contributed by atoms with van der Waals surface area (Å²) < 4.78 is 12.0. The number of imide groups is 1. The molecule has 0 spiro atoms. The van der Waals surface area contributed by atoms with Gasteiger partial charge in [-0.25, -0.2) is 0 Å². The summed E-state index contributed by atoms with van der Waals surface area (Å²) in [6, 6.07) is 12.5. The SMILES string of the molecule is CCOc1cc(/C=C2/SC(=O)N(CC)C2=O)cc(Br)c1OCC(=O)Nc1ccccc1. The third-order valence-corrected chi connectivity index (χ3v) is 5.72. The van der Waals surface area contributed by atoms with Crippen LogP contribution in [0.4, 0.5) is 10.5 Å². The molecule has 1 fully saturated rings. The molecule has 0 bridgehead atoms. The Morgan fingerprint density at radius 1 is 1.16 bits per heavy atom. The van der Waals surface area contributed by atoms with Crippen LogP contribution in [0.5, 0.6) is 11.5 Å². The van der Waals surface area contributed by atoms with Crippen molar-refractivity contribution in [1.82, 2.24) is 4.90 Å². The molecule has 162 valence electrons. The molecule has 1 N–H and O–H groups in total. The highest BCUT2D eigenvalue weighted by molar-refractivity contribution is 9.10. The Balaban J connectivity index is 1.77. The van der Waals surface area contributed by atoms with Crippen molar-refractivity contribution in [3.63, 3.8) is 0 Å². The quantitative estimate of drug-likeness (QED) is 0.513. The molecule has 1 saturated heterocycles. The van der Waals surface area contributed by atoms with Gasteiger partial charge in [0.1, 0.15) is 0 Å². The topological polar surface area (TPSA) is 84.9 Å². The van der Waals surface area contributed by atoms with Crippen LogP contribution in [0.25, 0.3) is 6.08 Å². The maximum atomic E-state index is 12.3. The highest BCUT2D eigenvalue weighted by atomic mass is 79.9. The Morgan fingerprint density at radius 2 is 1.90 bits per heavy atom. The Morgan fingerprint density at radius 3 is 2.55 bits per heavy atom. The third kappa shape index (κ3) is 5.68. The largest absolute Gasteiger partial charge is 0.490 e. The molecule has 0 atom stereocenters. The summed E-state index contributed by atoms with van der Waals surface area (Å²) in [5, 5.41) is 2.47. The van der Waals surface area contributed by atoms with E-state index in [9.17, 15) is 14.4 Å². The molecule has 1 aliphatic heterocycles. The number of hydrogen-bond donors (Lipinski definition) is 1. The van der Waals surface area contributed by atoms with Crippen LogP contribution in [0.1, 0.15) is 19.4 Å². The van der Waals surface area contributed by atoms with E-state index in [1.165, 1.54) is 4.90 Å². The number of benzene rings is 2. The summed E-state index contributed by atoms with van der Waals surface area (Å²) in [4.78, 5) is 38.0. The van der Waals surface area contributed by atoms with Crippen molar-refractivity contribution in [2.24, 2.45) is 0 Å². The van der Waals surface area contributed by atoms with Crippen LogP contribution in [0.3, 0.4) is 0 Å². The Labute approximate surface area is 192 Å². The van der Waals surface area contributed by atoms with Crippen LogP contribution >= 0.6 is 27.7 Å². The molecule has 3 rings (SSSR count). The summed E-state index contributed by atoms with van der Waals surface area (Å²) in [6.45, 7) is 4.09. The fraction of sp³-hybridized carbons (Fsp3) is 0.227. The number of hydrogen-bond acceptors (Lipinski definition) is 6. The van der Waals surface area contributed by atoms with Gasteiger partial charge in [-0.15, -0.1) is 0 Å². The highest BCUT2D eigenvalue weighted by Gasteiger charge is 2.33. The fourth-order valence-corrected chi connectivity index (χ4v) is 4.33. The summed E-state index contributed by atoms with van der Waals surface area (Å²) in [5.74, 6) is 0.177. The van der Waals surface area contributed by atoms with Gasteiger partial charge in [0.25, 0.3) is 17.1 Å². The van der Waals surface area contributed by atoms with Crippen LogP contribution in [0, 0.1) is 0 Å². The molecule has 0 saturated carbocycles. The zero-order valence-corrected chi connectivity index (χ0v) is 19.4. The van der Waals surface area contributed by atoms with Crippen molar-refractivity contribution in [3.8, 4) is 11.5 Å². The first kappa shape index (κ1) is 22.9. The molecule has 1 aliphatic rings. The van der Waals surface area contributed by atoms with E-state index in [0.717, 1.165) is 11.8 Å². The molecule has 9 heteroatoms. The number of carbonyl (C=O) groups excluding carboxylic acids is 3. The number of nitrogens with zero attached hydrogens (tertiary/aromatic N) is 1. The zero-order chi connectivity index (χ0) is 22.4. The highest BCUT2D eigenvalue weighted by Crippen LogP contribution is 2.39. The summed E-state index contributed by atoms with van der Waals surface area (Å²) >= 11 is 4.36. The number of ether oxygens (including phenoxy) is 2. The number of likely N-dealkylation sites (N-methyl/N-ethyl adjacent to an activating group) is 1. The molecular formula is C22H21BrN2O5S. The number of rotatable bonds is 8. The second-order valence-electron chi connectivity index (χ2n) is 6.39. The molecule has 0 aromatic heterocycles. The van der Waals surface area contributed by atoms with Crippen molar-refractivity contribution >= 4 is 56.5 Å². The average molecular weight is 505 g/mol. The van der Waals surface area contributed by atoms with Crippen molar-refractivity contribution in [3.05, 3.63) is 57.4 Å². The van der Waals surface area contributed by atoms with E-state index in [-0.39, 0.29) is 23.7 Å². The van der Waals surface area contributed by atoms with E-state index < -0.39 is 0 Å². The lowest BCUT2D eigenvalue weighted by atomic mass is 10.2. The van der Waals surface area contributed by atoms with Crippen LogP contribution in [-0.2, 0) is 9.59 Å². The van der Waals surface area contributed by atoms with Gasteiger partial charge in [0.15, 0.2) is 18.1 Å². The monoisotopic (exact) mass is 504 g/mol. The fourth-order valence-electron chi connectivity index (χ4n) is 2.85. The molecule has 2 aromatic rings. The smallest absolute Gasteiger partial charge is 0.293 e. The summed E-state index contributed by atoms with van der Waals surface area (Å²) in [5.41, 5.74) is 1.34. The van der Waals surface area contributed by atoms with Gasteiger partial charge in [-0.2, -0.15) is 0 Å². The van der Waals surface area contributed by atoms with Gasteiger partial charge in [0.2, 0.25) is 0 Å². The lowest BCUT2D eigenvalue weighted by molar-refractivity contribution is -0.122. The minimum atomic E-state index is -0.315. The molecule has 2 aromatic carbocycles. The molecule has 1 heterocycles. The maximum absolute atomic E-state index is 12.3. The predicted molar refractivity (Wildman–Crippen MR) is 124 cm³/mol. The van der Waals surface area contributed by atoms with E-state index in [1.807, 2.05) is 25.1 Å². The van der Waals surface area contributed by atoms with Gasteiger partial charge in [-0.05, 0) is 77.4 Å². The van der Waals surface area contributed by atoms with E-state index in [2.05, 4.69) is 21.2 Å². The van der Waals surface area contributed by atoms with Crippen molar-refractivity contribution in [2.75, 3.05) is 25.1 Å². The minimum absolute atomic E-state index is 0.206. The lowest BCUT2D eigenvalue weighted by Gasteiger charge is -2.15. The normalized spacial score (nSPS) is 14.8. The first-order valence-corrected chi connectivity index (χ1v) is 11.2. The average Bonchev–Trinajstić information content (AvgIpc) is 3.00. The van der Waals surface area contributed by atoms with Crippen LogP contribution < -0.4 is 14.8 Å². The second-order valence-corrected chi connectivity index (χ2v) is 8.24. The number of anilines is 1. The van der Waals surface area contributed by atoms with Crippen LogP contribution in [-0.4, -0.2) is 41.7 Å². The predicted octanol–water partition coefficient (Wildman–Crippen LogP) is 4.92. The van der Waals surface area contributed by atoms with Crippen molar-refractivity contribution < 1.29 is 23.9 Å². The minimum Gasteiger partial charge on any atom is -0.490 e. The molecular weight excluding hydrogens is 484 g/mol. The first-order valence-electron chi connectivity index (χ1n) is 9.62. The van der Waals surface area contributed by atoms with Gasteiger partial charge in [-0.1, -0.05) is 18.2 Å². The van der Waals surface area contributed by atoms with Crippen LogP contribution in [0.2, 0.25) is 0 Å². The van der Waals surface area contributed by atoms with E-state index in [0.29, 0.717) is 45.3 Å². The molecule has 0 unspecified atom stereocenters. The van der Waals surface area contributed by atoms with Gasteiger partial charge in [0, 0.05) is 12.2 Å². The second kappa shape index (κ2) is 10.5. The number of nitrogens with one attached hydrogen (secondary N) is 1. The van der Waals surface area contributed by atoms with E-state index in [1.54, 1.807) is 37.3 Å². The van der Waals surface area contributed by atoms with E-state index in [4.69, 9.17) is 9.47 Å². The third-order valence-electron chi connectivity index (χ3n) is 4.22. The van der Waals surface area contributed by atoms with Gasteiger partial charge in [0.05, 0.1) is 16.0 Å². The Kier molecular flexibility index (Phi) is 7.75. The standard InChI is InChI=1S/C22H21BrN2O5S/c1-3-25-21(27)18(31-22(25)28)12-14-10-16(23)20(17(11-14)29-4-2)30-13-19(26)24-15-8-6-5-7-9-15/h5-12H,3-4,13H2,1-2H3,(H,24,26)/b18-12+. The maximum Gasteiger partial charge on any atom is 0.293 e. The van der Waals surface area contributed by atoms with Crippen molar-refractivity contribution in [2.45, 2.75) is 13.8 Å². The summed E-state index contributed by atoms with van der Waals surface area (Å²) in [6.07, 6.45) is 1.64. The van der Waals surface area contributed by atoms with Gasteiger partial charge >= 0.3 is 0 Å². The first-order chi connectivity index (χ1) is 14.9. The number of para-hydroxylation sites is 1. The van der Waals surface area contributed by atoms with Gasteiger partial charge in [-0.3, -0.25) is 19.3 Å². The van der Waals surface area contributed by atoms with E-state index >= 15 is 0 Å².